The van der Waals surface area contributed by atoms with Crippen molar-refractivity contribution in [1.82, 2.24) is 5.32 Å². The van der Waals surface area contributed by atoms with Crippen molar-refractivity contribution in [3.05, 3.63) is 82.7 Å². The summed E-state index contributed by atoms with van der Waals surface area (Å²) in [5, 5.41) is 3.28. The molecule has 0 fully saturated rings. The molecular formula is C29H31NO5. The minimum Gasteiger partial charge on any atom is -0.468 e. The van der Waals surface area contributed by atoms with Crippen LogP contribution < -0.4 is 5.32 Å². The van der Waals surface area contributed by atoms with E-state index >= 15 is 0 Å². The van der Waals surface area contributed by atoms with E-state index in [0.29, 0.717) is 23.3 Å². The van der Waals surface area contributed by atoms with Crippen molar-refractivity contribution in [3.63, 3.8) is 0 Å². The molecule has 0 aromatic heterocycles. The van der Waals surface area contributed by atoms with Crippen LogP contribution in [-0.4, -0.2) is 30.9 Å². The van der Waals surface area contributed by atoms with Gasteiger partial charge in [0.2, 0.25) is 0 Å². The van der Waals surface area contributed by atoms with Crippen LogP contribution in [0.3, 0.4) is 0 Å². The first kappa shape index (κ1) is 24.5. The number of ketones is 1. The van der Waals surface area contributed by atoms with Gasteiger partial charge >= 0.3 is 11.9 Å². The lowest BCUT2D eigenvalue weighted by atomic mass is 9.69. The van der Waals surface area contributed by atoms with Gasteiger partial charge in [0.1, 0.15) is 5.92 Å². The highest BCUT2D eigenvalue weighted by atomic mass is 16.5. The number of dihydropyridines is 1. The molecule has 3 atom stereocenters. The highest BCUT2D eigenvalue weighted by Crippen LogP contribution is 2.45. The molecule has 0 bridgehead atoms. The number of nitrogens with one attached hydrogen (secondary N) is 1. The number of rotatable bonds is 5. The van der Waals surface area contributed by atoms with E-state index in [1.54, 1.807) is 13.8 Å². The van der Waals surface area contributed by atoms with Crippen LogP contribution in [0.15, 0.2) is 77.1 Å². The Bertz CT molecular complexity index is 1210. The average Bonchev–Trinajstić information content (AvgIpc) is 2.83. The molecule has 0 saturated carbocycles. The Kier molecular flexibility index (Phi) is 6.92. The van der Waals surface area contributed by atoms with Crippen LogP contribution in [0.5, 0.6) is 0 Å². The molecule has 0 unspecified atom stereocenters. The minimum absolute atomic E-state index is 0.223. The molecule has 0 radical (unpaired) electrons. The number of hydrogen-bond acceptors (Lipinski definition) is 6. The van der Waals surface area contributed by atoms with Gasteiger partial charge in [-0.15, -0.1) is 0 Å². The second kappa shape index (κ2) is 9.90. The van der Waals surface area contributed by atoms with Crippen molar-refractivity contribution in [2.75, 3.05) is 7.11 Å². The Hall–Kier alpha value is -3.67. The molecule has 1 aliphatic carbocycles. The maximum absolute atomic E-state index is 13.8. The fraction of sp³-hybridized carbons (Fsp3) is 0.345. The summed E-state index contributed by atoms with van der Waals surface area (Å²) in [6, 6.07) is 17.8. The number of carbonyl (C=O) groups excluding carboxylic acids is 3. The van der Waals surface area contributed by atoms with Gasteiger partial charge in [-0.05, 0) is 49.8 Å². The summed E-state index contributed by atoms with van der Waals surface area (Å²) < 4.78 is 10.5. The molecule has 4 rings (SSSR count). The van der Waals surface area contributed by atoms with Crippen LogP contribution in [0.4, 0.5) is 0 Å². The molecule has 182 valence electrons. The van der Waals surface area contributed by atoms with E-state index in [1.807, 2.05) is 68.4 Å². The zero-order valence-electron chi connectivity index (χ0n) is 20.8. The first-order valence-electron chi connectivity index (χ1n) is 11.9. The summed E-state index contributed by atoms with van der Waals surface area (Å²) in [7, 11) is 1.29. The first-order chi connectivity index (χ1) is 16.7. The summed E-state index contributed by atoms with van der Waals surface area (Å²) in [5.41, 5.74) is 5.12. The lowest BCUT2D eigenvalue weighted by molar-refractivity contribution is -0.151. The highest BCUT2D eigenvalue weighted by molar-refractivity contribution is 6.12. The largest absolute Gasteiger partial charge is 0.468 e. The van der Waals surface area contributed by atoms with E-state index in [9.17, 15) is 14.4 Å². The zero-order valence-corrected chi connectivity index (χ0v) is 20.8. The van der Waals surface area contributed by atoms with Crippen LogP contribution in [0.25, 0.3) is 11.1 Å². The van der Waals surface area contributed by atoms with Gasteiger partial charge in [0.15, 0.2) is 5.78 Å². The van der Waals surface area contributed by atoms with Crippen LogP contribution in [-0.2, 0) is 23.9 Å². The predicted octanol–water partition coefficient (Wildman–Crippen LogP) is 4.92. The van der Waals surface area contributed by atoms with E-state index < -0.39 is 23.8 Å². The number of Topliss-reactive ketones (excluding diaryl/α,β-unsaturated/α-hetero) is 1. The molecular weight excluding hydrogens is 442 g/mol. The van der Waals surface area contributed by atoms with Crippen molar-refractivity contribution in [3.8, 4) is 11.1 Å². The number of methoxy groups -OCH3 is 1. The summed E-state index contributed by atoms with van der Waals surface area (Å²) in [4.78, 5) is 39.6. The fourth-order valence-electron chi connectivity index (χ4n) is 5.06. The van der Waals surface area contributed by atoms with Crippen molar-refractivity contribution >= 4 is 17.7 Å². The number of allylic oxidation sites excluding steroid dienone is 3. The smallest absolute Gasteiger partial charge is 0.337 e. The number of ether oxygens (including phenoxy) is 2. The van der Waals surface area contributed by atoms with Crippen LogP contribution in [0.1, 0.15) is 45.6 Å². The molecule has 0 saturated heterocycles. The number of hydrogen-bond donors (Lipinski definition) is 1. The second-order valence-electron chi connectivity index (χ2n) is 9.48. The van der Waals surface area contributed by atoms with Crippen LogP contribution in [0.2, 0.25) is 0 Å². The average molecular weight is 474 g/mol. The summed E-state index contributed by atoms with van der Waals surface area (Å²) in [6.45, 7) is 7.28. The monoisotopic (exact) mass is 473 g/mol. The number of esters is 2. The topological polar surface area (TPSA) is 81.7 Å². The first-order valence-corrected chi connectivity index (χ1v) is 11.9. The van der Waals surface area contributed by atoms with Gasteiger partial charge in [-0.25, -0.2) is 4.79 Å². The third-order valence-corrected chi connectivity index (χ3v) is 6.66. The van der Waals surface area contributed by atoms with E-state index in [2.05, 4.69) is 5.32 Å². The summed E-state index contributed by atoms with van der Waals surface area (Å²) in [6.07, 6.45) is 0.188. The molecule has 6 nitrogen and oxygen atoms in total. The van der Waals surface area contributed by atoms with Gasteiger partial charge in [0.25, 0.3) is 0 Å². The Balaban J connectivity index is 1.84. The van der Waals surface area contributed by atoms with E-state index in [4.69, 9.17) is 9.47 Å². The van der Waals surface area contributed by atoms with Gasteiger partial charge in [-0.1, -0.05) is 61.5 Å². The van der Waals surface area contributed by atoms with Crippen molar-refractivity contribution in [1.29, 1.82) is 0 Å². The molecule has 0 spiro atoms. The molecule has 6 heteroatoms. The second-order valence-corrected chi connectivity index (χ2v) is 9.48. The SMILES string of the molecule is COC(=O)[C@@H]1C(=O)C2=C(C[C@@H]1C)NC(C)=C(C(=O)OC(C)C)[C@@H]2c1ccc(-c2ccccc2)cc1. The lowest BCUT2D eigenvalue weighted by Gasteiger charge is -2.38. The Morgan fingerprint density at radius 1 is 1.00 bits per heavy atom. The molecule has 35 heavy (non-hydrogen) atoms. The van der Waals surface area contributed by atoms with Crippen molar-refractivity contribution in [2.24, 2.45) is 11.8 Å². The van der Waals surface area contributed by atoms with Crippen molar-refractivity contribution < 1.29 is 23.9 Å². The van der Waals surface area contributed by atoms with Gasteiger partial charge in [0, 0.05) is 22.9 Å². The molecule has 2 aromatic rings. The quantitative estimate of drug-likeness (QED) is 0.490. The number of carbonyl (C=O) groups is 3. The van der Waals surface area contributed by atoms with E-state index in [0.717, 1.165) is 22.4 Å². The zero-order chi connectivity index (χ0) is 25.3. The normalized spacial score (nSPS) is 22.0. The molecule has 2 aromatic carbocycles. The fourth-order valence-corrected chi connectivity index (χ4v) is 5.06. The third-order valence-electron chi connectivity index (χ3n) is 6.66. The maximum atomic E-state index is 13.8. The molecule has 1 heterocycles. The minimum atomic E-state index is -0.910. The molecule has 0 amide bonds. The lowest BCUT2D eigenvalue weighted by Crippen LogP contribution is -2.43. The molecule has 2 aliphatic rings. The Morgan fingerprint density at radius 2 is 1.63 bits per heavy atom. The number of benzene rings is 2. The van der Waals surface area contributed by atoms with Gasteiger partial charge < -0.3 is 14.8 Å². The molecule has 1 aliphatic heterocycles. The summed E-state index contributed by atoms with van der Waals surface area (Å²) in [5.74, 6) is -3.11. The van der Waals surface area contributed by atoms with Gasteiger partial charge in [-0.3, -0.25) is 9.59 Å². The Morgan fingerprint density at radius 3 is 2.23 bits per heavy atom. The molecule has 1 N–H and O–H groups in total. The van der Waals surface area contributed by atoms with Crippen molar-refractivity contribution in [2.45, 2.75) is 46.1 Å². The third kappa shape index (κ3) is 4.65. The van der Waals surface area contributed by atoms with Crippen LogP contribution >= 0.6 is 0 Å². The Labute approximate surface area is 206 Å². The highest BCUT2D eigenvalue weighted by Gasteiger charge is 2.47. The van der Waals surface area contributed by atoms with Crippen LogP contribution in [0, 0.1) is 11.8 Å². The standard InChI is InChI=1S/C29H31NO5/c1-16(2)35-29(33)24-18(4)30-22-15-17(3)23(28(32)34-5)27(31)26(22)25(24)21-13-11-20(12-14-21)19-9-7-6-8-10-19/h6-14,16-17,23,25,30H,15H2,1-5H3/t17-,23-,25-/m0/s1. The van der Waals surface area contributed by atoms with Gasteiger partial charge in [0.05, 0.1) is 18.8 Å². The van der Waals surface area contributed by atoms with E-state index in [-0.39, 0.29) is 17.8 Å². The predicted molar refractivity (Wildman–Crippen MR) is 133 cm³/mol. The van der Waals surface area contributed by atoms with E-state index in [1.165, 1.54) is 7.11 Å². The van der Waals surface area contributed by atoms with Gasteiger partial charge in [-0.2, -0.15) is 0 Å². The maximum Gasteiger partial charge on any atom is 0.337 e. The summed E-state index contributed by atoms with van der Waals surface area (Å²) >= 11 is 0.